The van der Waals surface area contributed by atoms with Crippen molar-refractivity contribution in [3.05, 3.63) is 108 Å². The molecule has 0 amide bonds. The van der Waals surface area contributed by atoms with Crippen LogP contribution >= 0.6 is 0 Å². The van der Waals surface area contributed by atoms with E-state index < -0.39 is 35.0 Å². The average Bonchev–Trinajstić information content (AvgIpc) is 2.79. The van der Waals surface area contributed by atoms with Gasteiger partial charge in [0.15, 0.2) is 0 Å². The zero-order valence-electron chi connectivity index (χ0n) is 17.3. The number of rotatable bonds is 5. The topological polar surface area (TPSA) is 18.5 Å². The molecule has 0 aliphatic heterocycles. The summed E-state index contributed by atoms with van der Waals surface area (Å²) < 4.78 is 91.8. The van der Waals surface area contributed by atoms with Gasteiger partial charge in [-0.3, -0.25) is 0 Å². The molecule has 0 unspecified atom stereocenters. The average molecular weight is 474 g/mol. The second-order valence-corrected chi connectivity index (χ2v) is 7.18. The van der Waals surface area contributed by atoms with Crippen LogP contribution in [0.25, 0.3) is 11.1 Å². The first kappa shape index (κ1) is 23.2. The molecule has 4 aromatic carbocycles. The van der Waals surface area contributed by atoms with Crippen molar-refractivity contribution in [1.82, 2.24) is 0 Å². The van der Waals surface area contributed by atoms with Gasteiger partial charge in [0.25, 0.3) is 0 Å². The molecule has 0 saturated heterocycles. The first-order valence-electron chi connectivity index (χ1n) is 10.0. The molecule has 4 rings (SSSR count). The van der Waals surface area contributed by atoms with Gasteiger partial charge in [0.2, 0.25) is 0 Å². The molecule has 0 spiro atoms. The lowest BCUT2D eigenvalue weighted by Gasteiger charge is -2.18. The maximum Gasteiger partial charge on any atom is 0.419 e. The second kappa shape index (κ2) is 9.13. The minimum Gasteiger partial charge on any atom is -0.456 e. The van der Waals surface area contributed by atoms with Crippen LogP contribution in [-0.4, -0.2) is 0 Å². The third-order valence-electron chi connectivity index (χ3n) is 4.89. The number of halogens is 6. The fourth-order valence-corrected chi connectivity index (χ4v) is 3.37. The van der Waals surface area contributed by atoms with Gasteiger partial charge in [-0.05, 0) is 36.4 Å². The van der Waals surface area contributed by atoms with Crippen LogP contribution in [0.15, 0.2) is 97.1 Å². The summed E-state index contributed by atoms with van der Waals surface area (Å²) in [6.45, 7) is 0. The quantitative estimate of drug-likeness (QED) is 0.269. The predicted molar refractivity (Wildman–Crippen MR) is 115 cm³/mol. The van der Waals surface area contributed by atoms with Gasteiger partial charge in [0.05, 0.1) is 11.1 Å². The fourth-order valence-electron chi connectivity index (χ4n) is 3.37. The van der Waals surface area contributed by atoms with Crippen LogP contribution in [-0.2, 0) is 12.4 Å². The van der Waals surface area contributed by atoms with Crippen molar-refractivity contribution >= 4 is 0 Å². The summed E-state index contributed by atoms with van der Waals surface area (Å²) in [5.41, 5.74) is -1.21. The predicted octanol–water partition coefficient (Wildman–Crippen LogP) is 8.98. The van der Waals surface area contributed by atoms with Crippen LogP contribution in [0.5, 0.6) is 23.0 Å². The summed E-state index contributed by atoms with van der Waals surface area (Å²) in [6.07, 6.45) is -9.26. The van der Waals surface area contributed by atoms with Gasteiger partial charge in [-0.15, -0.1) is 0 Å². The number of hydrogen-bond acceptors (Lipinski definition) is 2. The monoisotopic (exact) mass is 474 g/mol. The summed E-state index contributed by atoms with van der Waals surface area (Å²) in [5.74, 6) is -0.634. The molecular weight excluding hydrogens is 458 g/mol. The van der Waals surface area contributed by atoms with Crippen molar-refractivity contribution in [3.63, 3.8) is 0 Å². The molecule has 8 heteroatoms. The fraction of sp³-hybridized carbons (Fsp3) is 0.0769. The van der Waals surface area contributed by atoms with E-state index in [0.29, 0.717) is 11.1 Å². The third kappa shape index (κ3) is 5.01. The molecule has 0 radical (unpaired) electrons. The van der Waals surface area contributed by atoms with Crippen LogP contribution in [0.2, 0.25) is 0 Å². The van der Waals surface area contributed by atoms with E-state index in [9.17, 15) is 26.3 Å². The van der Waals surface area contributed by atoms with Crippen LogP contribution in [0.4, 0.5) is 26.3 Å². The van der Waals surface area contributed by atoms with E-state index >= 15 is 0 Å². The number of alkyl halides is 6. The molecule has 0 aromatic heterocycles. The molecule has 4 aromatic rings. The Kier molecular flexibility index (Phi) is 6.24. The molecule has 0 aliphatic rings. The number of para-hydroxylation sites is 4. The van der Waals surface area contributed by atoms with Gasteiger partial charge in [-0.25, -0.2) is 0 Å². The Hall–Kier alpha value is -3.94. The molecule has 0 aliphatic carbocycles. The maximum absolute atomic E-state index is 13.4. The summed E-state index contributed by atoms with van der Waals surface area (Å²) in [6, 6.07) is 22.1. The van der Waals surface area contributed by atoms with Crippen molar-refractivity contribution in [2.24, 2.45) is 0 Å². The van der Waals surface area contributed by atoms with Crippen LogP contribution < -0.4 is 9.47 Å². The maximum atomic E-state index is 13.4. The normalized spacial score (nSPS) is 11.8. The summed E-state index contributed by atoms with van der Waals surface area (Å²) in [7, 11) is 0. The Morgan fingerprint density at radius 3 is 1.03 bits per heavy atom. The molecule has 174 valence electrons. The number of ether oxygens (including phenoxy) is 2. The zero-order valence-corrected chi connectivity index (χ0v) is 17.3. The van der Waals surface area contributed by atoms with Gasteiger partial charge in [0, 0.05) is 11.1 Å². The Balaban J connectivity index is 1.76. The van der Waals surface area contributed by atoms with Crippen molar-refractivity contribution in [2.45, 2.75) is 12.4 Å². The van der Waals surface area contributed by atoms with Gasteiger partial charge in [0.1, 0.15) is 23.0 Å². The minimum absolute atomic E-state index is 0.0827. The summed E-state index contributed by atoms with van der Waals surface area (Å²) in [4.78, 5) is 0. The highest BCUT2D eigenvalue weighted by molar-refractivity contribution is 5.76. The van der Waals surface area contributed by atoms with Crippen LogP contribution in [0.1, 0.15) is 11.1 Å². The smallest absolute Gasteiger partial charge is 0.419 e. The highest BCUT2D eigenvalue weighted by atomic mass is 19.4. The van der Waals surface area contributed by atoms with E-state index in [2.05, 4.69) is 0 Å². The molecule has 0 N–H and O–H groups in total. The minimum atomic E-state index is -4.63. The summed E-state index contributed by atoms with van der Waals surface area (Å²) in [5, 5.41) is 0. The highest BCUT2D eigenvalue weighted by Gasteiger charge is 2.35. The molecule has 0 saturated carbocycles. The van der Waals surface area contributed by atoms with Crippen molar-refractivity contribution in [2.75, 3.05) is 0 Å². The first-order chi connectivity index (χ1) is 16.1. The van der Waals surface area contributed by atoms with Gasteiger partial charge < -0.3 is 9.47 Å². The van der Waals surface area contributed by atoms with E-state index in [0.717, 1.165) is 12.1 Å². The van der Waals surface area contributed by atoms with Crippen molar-refractivity contribution in [1.29, 1.82) is 0 Å². The van der Waals surface area contributed by atoms with E-state index in [1.807, 2.05) is 0 Å². The Bertz CT molecular complexity index is 1190. The largest absolute Gasteiger partial charge is 0.456 e. The zero-order chi connectivity index (χ0) is 24.3. The van der Waals surface area contributed by atoms with E-state index in [-0.39, 0.29) is 11.5 Å². The SMILES string of the molecule is FC(F)(F)c1ccccc1Oc1ccccc1-c1ccccc1Oc1ccccc1C(F)(F)F. The number of benzene rings is 4. The van der Waals surface area contributed by atoms with Crippen molar-refractivity contribution < 1.29 is 35.8 Å². The molecule has 0 atom stereocenters. The molecule has 0 heterocycles. The molecule has 34 heavy (non-hydrogen) atoms. The Morgan fingerprint density at radius 1 is 0.382 bits per heavy atom. The summed E-state index contributed by atoms with van der Waals surface area (Å²) >= 11 is 0. The Morgan fingerprint density at radius 2 is 0.676 bits per heavy atom. The molecule has 0 fully saturated rings. The van der Waals surface area contributed by atoms with Gasteiger partial charge >= 0.3 is 12.4 Å². The van der Waals surface area contributed by atoms with E-state index in [1.165, 1.54) is 48.5 Å². The van der Waals surface area contributed by atoms with Crippen molar-refractivity contribution in [3.8, 4) is 34.1 Å². The molecule has 0 bridgehead atoms. The second-order valence-electron chi connectivity index (χ2n) is 7.18. The standard InChI is InChI=1S/C26H16F6O2/c27-25(28,29)19-11-3-7-15-23(19)33-21-13-5-1-9-17(21)18-10-2-6-14-22(18)34-24-16-8-4-12-20(24)26(30,31)32/h1-16H. The van der Waals surface area contributed by atoms with Crippen LogP contribution in [0.3, 0.4) is 0 Å². The van der Waals surface area contributed by atoms with E-state index in [1.54, 1.807) is 36.4 Å². The molecular formula is C26H16F6O2. The first-order valence-corrected chi connectivity index (χ1v) is 10.0. The lowest BCUT2D eigenvalue weighted by molar-refractivity contribution is -0.139. The lowest BCUT2D eigenvalue weighted by atomic mass is 10.0. The molecule has 2 nitrogen and oxygen atoms in total. The van der Waals surface area contributed by atoms with E-state index in [4.69, 9.17) is 9.47 Å². The Labute approximate surface area is 191 Å². The number of hydrogen-bond donors (Lipinski definition) is 0. The lowest BCUT2D eigenvalue weighted by Crippen LogP contribution is -2.07. The van der Waals surface area contributed by atoms with Gasteiger partial charge in [-0.2, -0.15) is 26.3 Å². The highest BCUT2D eigenvalue weighted by Crippen LogP contribution is 2.44. The van der Waals surface area contributed by atoms with Gasteiger partial charge in [-0.1, -0.05) is 60.7 Å². The van der Waals surface area contributed by atoms with Crippen LogP contribution in [0, 0.1) is 0 Å². The third-order valence-corrected chi connectivity index (χ3v) is 4.89.